The van der Waals surface area contributed by atoms with Crippen LogP contribution in [0.2, 0.25) is 0 Å². The van der Waals surface area contributed by atoms with Crippen molar-refractivity contribution in [1.29, 1.82) is 0 Å². The maximum absolute atomic E-state index is 11.8. The van der Waals surface area contributed by atoms with Gasteiger partial charge < -0.3 is 15.8 Å². The van der Waals surface area contributed by atoms with E-state index in [1.807, 2.05) is 37.4 Å². The van der Waals surface area contributed by atoms with Crippen LogP contribution in [0.5, 0.6) is 11.5 Å². The second kappa shape index (κ2) is 7.04. The molecule has 0 aliphatic carbocycles. The van der Waals surface area contributed by atoms with Crippen LogP contribution in [0, 0.1) is 0 Å². The molecular formula is C16H18N2O2S. The molecule has 0 aromatic heterocycles. The van der Waals surface area contributed by atoms with Gasteiger partial charge in [-0.2, -0.15) is 0 Å². The highest BCUT2D eigenvalue weighted by atomic mass is 32.2. The normalized spacial score (nSPS) is 10.2. The number of nitrogens with one attached hydrogen (secondary N) is 1. The first kappa shape index (κ1) is 15.3. The molecule has 5 heteroatoms. The maximum atomic E-state index is 11.8. The molecule has 0 aliphatic rings. The fourth-order valence-electron chi connectivity index (χ4n) is 1.80. The number of rotatable bonds is 5. The average molecular weight is 302 g/mol. The topological polar surface area (TPSA) is 64.4 Å². The molecule has 3 N–H and O–H groups in total. The summed E-state index contributed by atoms with van der Waals surface area (Å²) in [6.45, 7) is 2.45. The first-order chi connectivity index (χ1) is 10.1. The van der Waals surface area contributed by atoms with Crippen LogP contribution in [0.25, 0.3) is 0 Å². The van der Waals surface area contributed by atoms with Crippen molar-refractivity contribution in [2.75, 3.05) is 18.5 Å². The highest BCUT2D eigenvalue weighted by Gasteiger charge is 2.09. The average Bonchev–Trinajstić information content (AvgIpc) is 2.50. The largest absolute Gasteiger partial charge is 0.455 e. The van der Waals surface area contributed by atoms with Gasteiger partial charge in [-0.3, -0.25) is 4.79 Å². The Kier molecular flexibility index (Phi) is 5.11. The van der Waals surface area contributed by atoms with Gasteiger partial charge in [0, 0.05) is 17.0 Å². The van der Waals surface area contributed by atoms with E-state index in [1.165, 1.54) is 0 Å². The van der Waals surface area contributed by atoms with Crippen LogP contribution in [0.4, 0.5) is 5.69 Å². The second-order valence-corrected chi connectivity index (χ2v) is 5.27. The quantitative estimate of drug-likeness (QED) is 0.655. The third kappa shape index (κ3) is 3.92. The number of thioether (sulfide) groups is 1. The summed E-state index contributed by atoms with van der Waals surface area (Å²) in [7, 11) is 0. The van der Waals surface area contributed by atoms with E-state index in [0.29, 0.717) is 29.3 Å². The third-order valence-corrected chi connectivity index (χ3v) is 3.64. The number of nitrogens with two attached hydrogens (primary N) is 1. The molecule has 0 unspecified atom stereocenters. The van der Waals surface area contributed by atoms with E-state index < -0.39 is 0 Å². The van der Waals surface area contributed by atoms with E-state index in [-0.39, 0.29) is 5.91 Å². The first-order valence-electron chi connectivity index (χ1n) is 6.63. The molecule has 2 aromatic rings. The highest BCUT2D eigenvalue weighted by molar-refractivity contribution is 7.98. The number of anilines is 1. The number of nitrogen functional groups attached to an aromatic ring is 1. The van der Waals surface area contributed by atoms with Crippen LogP contribution in [-0.2, 0) is 0 Å². The van der Waals surface area contributed by atoms with Crippen molar-refractivity contribution < 1.29 is 9.53 Å². The minimum atomic E-state index is -0.139. The summed E-state index contributed by atoms with van der Waals surface area (Å²) in [4.78, 5) is 13.0. The molecule has 0 saturated carbocycles. The lowest BCUT2D eigenvalue weighted by Gasteiger charge is -2.11. The summed E-state index contributed by atoms with van der Waals surface area (Å²) in [6.07, 6.45) is 2.02. The number of amides is 1. The molecule has 2 aromatic carbocycles. The van der Waals surface area contributed by atoms with E-state index in [1.54, 1.807) is 30.0 Å². The Hall–Kier alpha value is -2.14. The van der Waals surface area contributed by atoms with Crippen molar-refractivity contribution in [3.63, 3.8) is 0 Å². The number of carbonyl (C=O) groups excluding carboxylic acids is 1. The number of benzene rings is 2. The molecule has 2 rings (SSSR count). The smallest absolute Gasteiger partial charge is 0.251 e. The second-order valence-electron chi connectivity index (χ2n) is 4.39. The molecular weight excluding hydrogens is 284 g/mol. The monoisotopic (exact) mass is 302 g/mol. The molecule has 0 fully saturated rings. The van der Waals surface area contributed by atoms with E-state index in [0.717, 1.165) is 4.90 Å². The lowest BCUT2D eigenvalue weighted by Crippen LogP contribution is -2.22. The van der Waals surface area contributed by atoms with Crippen LogP contribution in [-0.4, -0.2) is 18.7 Å². The zero-order valence-electron chi connectivity index (χ0n) is 12.1. The van der Waals surface area contributed by atoms with Gasteiger partial charge in [-0.1, -0.05) is 0 Å². The highest BCUT2D eigenvalue weighted by Crippen LogP contribution is 2.29. The molecule has 0 aliphatic heterocycles. The van der Waals surface area contributed by atoms with E-state index >= 15 is 0 Å². The molecule has 4 nitrogen and oxygen atoms in total. The van der Waals surface area contributed by atoms with Crippen molar-refractivity contribution in [3.05, 3.63) is 48.0 Å². The molecule has 0 bridgehead atoms. The van der Waals surface area contributed by atoms with E-state index in [2.05, 4.69) is 5.32 Å². The van der Waals surface area contributed by atoms with Gasteiger partial charge >= 0.3 is 0 Å². The summed E-state index contributed by atoms with van der Waals surface area (Å²) >= 11 is 1.67. The summed E-state index contributed by atoms with van der Waals surface area (Å²) in [5.74, 6) is 1.03. The Morgan fingerprint density at radius 2 is 1.95 bits per heavy atom. The SMILES string of the molecule is CCNC(=O)c1ccc(N)c(Oc2ccc(SC)cc2)c1. The van der Waals surface area contributed by atoms with Crippen molar-refractivity contribution in [2.24, 2.45) is 0 Å². The molecule has 0 spiro atoms. The molecule has 0 radical (unpaired) electrons. The van der Waals surface area contributed by atoms with Crippen molar-refractivity contribution in [3.8, 4) is 11.5 Å². The number of hydrogen-bond acceptors (Lipinski definition) is 4. The van der Waals surface area contributed by atoms with Crippen molar-refractivity contribution in [1.82, 2.24) is 5.32 Å². The predicted molar refractivity (Wildman–Crippen MR) is 87.2 cm³/mol. The van der Waals surface area contributed by atoms with Crippen LogP contribution in [0.1, 0.15) is 17.3 Å². The van der Waals surface area contributed by atoms with Crippen LogP contribution in [0.3, 0.4) is 0 Å². The van der Waals surface area contributed by atoms with Gasteiger partial charge in [-0.25, -0.2) is 0 Å². The molecule has 0 heterocycles. The van der Waals surface area contributed by atoms with Crippen molar-refractivity contribution in [2.45, 2.75) is 11.8 Å². The fraction of sp³-hybridized carbons (Fsp3) is 0.188. The number of hydrogen-bond donors (Lipinski definition) is 2. The minimum absolute atomic E-state index is 0.139. The molecule has 0 atom stereocenters. The van der Waals surface area contributed by atoms with Gasteiger partial charge in [0.15, 0.2) is 5.75 Å². The maximum Gasteiger partial charge on any atom is 0.251 e. The Bertz CT molecular complexity index is 627. The predicted octanol–water partition coefficient (Wildman–Crippen LogP) is 3.53. The summed E-state index contributed by atoms with van der Waals surface area (Å²) in [6, 6.07) is 12.7. The van der Waals surface area contributed by atoms with E-state index in [4.69, 9.17) is 10.5 Å². The number of ether oxygens (including phenoxy) is 1. The van der Waals surface area contributed by atoms with Gasteiger partial charge in [0.2, 0.25) is 0 Å². The lowest BCUT2D eigenvalue weighted by atomic mass is 10.1. The molecule has 1 amide bonds. The van der Waals surface area contributed by atoms with Crippen molar-refractivity contribution >= 4 is 23.4 Å². The molecule has 0 saturated heterocycles. The fourth-order valence-corrected chi connectivity index (χ4v) is 2.21. The van der Waals surface area contributed by atoms with Gasteiger partial charge in [0.05, 0.1) is 5.69 Å². The lowest BCUT2D eigenvalue weighted by molar-refractivity contribution is 0.0955. The Balaban J connectivity index is 2.21. The third-order valence-electron chi connectivity index (χ3n) is 2.90. The summed E-state index contributed by atoms with van der Waals surface area (Å²) in [5.41, 5.74) is 6.93. The Morgan fingerprint density at radius 1 is 1.24 bits per heavy atom. The Morgan fingerprint density at radius 3 is 2.57 bits per heavy atom. The van der Waals surface area contributed by atoms with Gasteiger partial charge in [-0.05, 0) is 55.6 Å². The van der Waals surface area contributed by atoms with Crippen LogP contribution >= 0.6 is 11.8 Å². The van der Waals surface area contributed by atoms with E-state index in [9.17, 15) is 4.79 Å². The number of carbonyl (C=O) groups is 1. The first-order valence-corrected chi connectivity index (χ1v) is 7.86. The summed E-state index contributed by atoms with van der Waals surface area (Å²) < 4.78 is 5.76. The van der Waals surface area contributed by atoms with Crippen LogP contribution < -0.4 is 15.8 Å². The van der Waals surface area contributed by atoms with Crippen LogP contribution in [0.15, 0.2) is 47.4 Å². The summed E-state index contributed by atoms with van der Waals surface area (Å²) in [5, 5.41) is 2.75. The van der Waals surface area contributed by atoms with Gasteiger partial charge in [0.25, 0.3) is 5.91 Å². The zero-order valence-corrected chi connectivity index (χ0v) is 12.9. The Labute approximate surface area is 128 Å². The minimum Gasteiger partial charge on any atom is -0.455 e. The van der Waals surface area contributed by atoms with Gasteiger partial charge in [0.1, 0.15) is 5.75 Å². The standard InChI is InChI=1S/C16H18N2O2S/c1-3-18-16(19)11-4-9-14(17)15(10-11)20-12-5-7-13(21-2)8-6-12/h4-10H,3,17H2,1-2H3,(H,18,19). The van der Waals surface area contributed by atoms with Gasteiger partial charge in [-0.15, -0.1) is 11.8 Å². The molecule has 110 valence electrons. The molecule has 21 heavy (non-hydrogen) atoms. The zero-order chi connectivity index (χ0) is 15.2.